The molecule has 0 fully saturated rings. The Morgan fingerprint density at radius 3 is 2.81 bits per heavy atom. The van der Waals surface area contributed by atoms with Crippen molar-refractivity contribution < 1.29 is 0 Å². The van der Waals surface area contributed by atoms with Crippen LogP contribution in [-0.4, -0.2) is 38.2 Å². The van der Waals surface area contributed by atoms with Crippen LogP contribution in [0, 0.1) is 0 Å². The molecule has 0 atom stereocenters. The van der Waals surface area contributed by atoms with Crippen molar-refractivity contribution in [3.8, 4) is 0 Å². The lowest BCUT2D eigenvalue weighted by Gasteiger charge is -2.12. The Balaban J connectivity index is 1.66. The van der Waals surface area contributed by atoms with Crippen LogP contribution in [0.4, 0.5) is 5.95 Å². The van der Waals surface area contributed by atoms with Gasteiger partial charge in [-0.25, -0.2) is 4.98 Å². The van der Waals surface area contributed by atoms with Gasteiger partial charge in [0.2, 0.25) is 5.95 Å². The first kappa shape index (κ1) is 13.6. The quantitative estimate of drug-likeness (QED) is 0.752. The van der Waals surface area contributed by atoms with Crippen LogP contribution in [0.2, 0.25) is 0 Å². The summed E-state index contributed by atoms with van der Waals surface area (Å²) in [6.45, 7) is 1.40. The minimum atomic E-state index is 0.660. The number of imidazole rings is 1. The van der Waals surface area contributed by atoms with E-state index in [1.807, 2.05) is 61.0 Å². The molecule has 110 valence electrons. The highest BCUT2D eigenvalue weighted by atomic mass is 15.3. The minimum Gasteiger partial charge on any atom is -0.348 e. The second-order valence-corrected chi connectivity index (χ2v) is 5.15. The highest BCUT2D eigenvalue weighted by Crippen LogP contribution is 2.10. The molecule has 0 aromatic carbocycles. The van der Waals surface area contributed by atoms with E-state index in [-0.39, 0.29) is 0 Å². The van der Waals surface area contributed by atoms with Crippen LogP contribution in [0.25, 0.3) is 5.65 Å². The fourth-order valence-corrected chi connectivity index (χ4v) is 2.33. The molecule has 7 heteroatoms. The van der Waals surface area contributed by atoms with Crippen molar-refractivity contribution in [3.63, 3.8) is 0 Å². The first-order valence-electron chi connectivity index (χ1n) is 6.84. The van der Waals surface area contributed by atoms with Gasteiger partial charge in [-0.2, -0.15) is 0 Å². The largest absolute Gasteiger partial charge is 0.348 e. The van der Waals surface area contributed by atoms with Gasteiger partial charge in [0.15, 0.2) is 11.5 Å². The number of nitrogens with zero attached hydrogens (tertiary/aromatic N) is 6. The van der Waals surface area contributed by atoms with Gasteiger partial charge >= 0.3 is 0 Å². The third-order valence-electron chi connectivity index (χ3n) is 3.43. The average molecular weight is 285 g/mol. The maximum atomic E-state index is 4.40. The molecule has 0 unspecified atom stereocenters. The SMILES string of the molecule is CN(C)c1ncc(CNCc2nnc3ccccn23)n1C. The minimum absolute atomic E-state index is 0.660. The lowest BCUT2D eigenvalue weighted by Crippen LogP contribution is -2.19. The average Bonchev–Trinajstić information content (AvgIpc) is 3.04. The predicted molar refractivity (Wildman–Crippen MR) is 81.1 cm³/mol. The van der Waals surface area contributed by atoms with Crippen molar-refractivity contribution in [1.82, 2.24) is 29.5 Å². The molecule has 3 aromatic rings. The number of hydrogen-bond donors (Lipinski definition) is 1. The first-order chi connectivity index (χ1) is 10.2. The summed E-state index contributed by atoms with van der Waals surface area (Å²) in [5.74, 6) is 1.85. The fourth-order valence-electron chi connectivity index (χ4n) is 2.33. The number of anilines is 1. The van der Waals surface area contributed by atoms with E-state index in [2.05, 4.69) is 25.1 Å². The van der Waals surface area contributed by atoms with E-state index < -0.39 is 0 Å². The monoisotopic (exact) mass is 285 g/mol. The van der Waals surface area contributed by atoms with Crippen molar-refractivity contribution >= 4 is 11.6 Å². The maximum absolute atomic E-state index is 4.40. The van der Waals surface area contributed by atoms with Crippen LogP contribution in [0.15, 0.2) is 30.6 Å². The van der Waals surface area contributed by atoms with Gasteiger partial charge in [-0.15, -0.1) is 10.2 Å². The van der Waals surface area contributed by atoms with E-state index >= 15 is 0 Å². The Morgan fingerprint density at radius 1 is 1.19 bits per heavy atom. The molecule has 0 radical (unpaired) electrons. The van der Waals surface area contributed by atoms with Crippen LogP contribution in [0.5, 0.6) is 0 Å². The topological polar surface area (TPSA) is 63.3 Å². The Bertz CT molecular complexity index is 741. The Morgan fingerprint density at radius 2 is 2.05 bits per heavy atom. The number of rotatable bonds is 5. The number of aromatic nitrogens is 5. The molecule has 0 amide bonds. The van der Waals surface area contributed by atoms with Gasteiger partial charge in [0.25, 0.3) is 0 Å². The molecule has 0 saturated carbocycles. The van der Waals surface area contributed by atoms with Gasteiger partial charge in [0.1, 0.15) is 0 Å². The summed E-state index contributed by atoms with van der Waals surface area (Å²) in [5, 5.41) is 11.7. The van der Waals surface area contributed by atoms with Crippen LogP contribution in [-0.2, 0) is 20.1 Å². The van der Waals surface area contributed by atoms with Crippen molar-refractivity contribution in [2.75, 3.05) is 19.0 Å². The zero-order valence-corrected chi connectivity index (χ0v) is 12.5. The van der Waals surface area contributed by atoms with Crippen LogP contribution < -0.4 is 10.2 Å². The van der Waals surface area contributed by atoms with Gasteiger partial charge in [-0.05, 0) is 12.1 Å². The molecule has 3 rings (SSSR count). The maximum Gasteiger partial charge on any atom is 0.204 e. The van der Waals surface area contributed by atoms with E-state index in [0.717, 1.165) is 29.7 Å². The molecule has 7 nitrogen and oxygen atoms in total. The normalized spacial score (nSPS) is 11.2. The molecule has 0 spiro atoms. The summed E-state index contributed by atoms with van der Waals surface area (Å²) in [4.78, 5) is 6.39. The molecule has 0 bridgehead atoms. The third kappa shape index (κ3) is 2.59. The predicted octanol–water partition coefficient (Wildman–Crippen LogP) is 0.819. The Kier molecular flexibility index (Phi) is 3.57. The summed E-state index contributed by atoms with van der Waals surface area (Å²) in [6, 6.07) is 5.88. The second-order valence-electron chi connectivity index (χ2n) is 5.15. The summed E-state index contributed by atoms with van der Waals surface area (Å²) in [5.41, 5.74) is 2.00. The Hall–Kier alpha value is -2.41. The zero-order chi connectivity index (χ0) is 14.8. The van der Waals surface area contributed by atoms with E-state index in [1.54, 1.807) is 0 Å². The van der Waals surface area contributed by atoms with Gasteiger partial charge < -0.3 is 14.8 Å². The highest BCUT2D eigenvalue weighted by molar-refractivity contribution is 5.37. The molecule has 3 aromatic heterocycles. The molecule has 0 aliphatic rings. The van der Waals surface area contributed by atoms with E-state index in [0.29, 0.717) is 6.54 Å². The summed E-state index contributed by atoms with van der Waals surface area (Å²) in [6.07, 6.45) is 3.87. The molecular formula is C14H19N7. The molecular weight excluding hydrogens is 266 g/mol. The standard InChI is InChI=1S/C14H19N7/c1-19(2)14-16-9-11(20(14)3)8-15-10-13-18-17-12-6-4-5-7-21(12)13/h4-7,9,15H,8,10H2,1-3H3. The number of fused-ring (bicyclic) bond motifs is 1. The van der Waals surface area contributed by atoms with E-state index in [1.165, 1.54) is 0 Å². The lowest BCUT2D eigenvalue weighted by atomic mass is 10.4. The smallest absolute Gasteiger partial charge is 0.204 e. The van der Waals surface area contributed by atoms with Crippen LogP contribution in [0.1, 0.15) is 11.5 Å². The second kappa shape index (κ2) is 5.53. The van der Waals surface area contributed by atoms with Crippen molar-refractivity contribution in [2.24, 2.45) is 7.05 Å². The lowest BCUT2D eigenvalue weighted by molar-refractivity contribution is 0.628. The van der Waals surface area contributed by atoms with Crippen molar-refractivity contribution in [2.45, 2.75) is 13.1 Å². The molecule has 3 heterocycles. The highest BCUT2D eigenvalue weighted by Gasteiger charge is 2.08. The number of nitrogens with one attached hydrogen (secondary N) is 1. The summed E-state index contributed by atoms with van der Waals surface area (Å²) >= 11 is 0. The van der Waals surface area contributed by atoms with Gasteiger partial charge in [0, 0.05) is 33.9 Å². The fraction of sp³-hybridized carbons (Fsp3) is 0.357. The van der Waals surface area contributed by atoms with Gasteiger partial charge in [-0.1, -0.05) is 6.07 Å². The molecule has 0 saturated heterocycles. The van der Waals surface area contributed by atoms with Crippen LogP contribution >= 0.6 is 0 Å². The first-order valence-corrected chi connectivity index (χ1v) is 6.84. The molecule has 0 aliphatic carbocycles. The van der Waals surface area contributed by atoms with E-state index in [4.69, 9.17) is 0 Å². The summed E-state index contributed by atoms with van der Waals surface area (Å²) in [7, 11) is 6.00. The summed E-state index contributed by atoms with van der Waals surface area (Å²) < 4.78 is 4.07. The molecule has 21 heavy (non-hydrogen) atoms. The zero-order valence-electron chi connectivity index (χ0n) is 12.5. The molecule has 0 aliphatic heterocycles. The van der Waals surface area contributed by atoms with Crippen molar-refractivity contribution in [3.05, 3.63) is 42.1 Å². The van der Waals surface area contributed by atoms with Gasteiger partial charge in [-0.3, -0.25) is 4.40 Å². The van der Waals surface area contributed by atoms with Gasteiger partial charge in [0.05, 0.1) is 18.4 Å². The molecule has 1 N–H and O–H groups in total. The van der Waals surface area contributed by atoms with Crippen molar-refractivity contribution in [1.29, 1.82) is 0 Å². The Labute approximate surface area is 123 Å². The third-order valence-corrected chi connectivity index (χ3v) is 3.43. The van der Waals surface area contributed by atoms with Crippen LogP contribution in [0.3, 0.4) is 0 Å². The number of hydrogen-bond acceptors (Lipinski definition) is 5. The van der Waals surface area contributed by atoms with E-state index in [9.17, 15) is 0 Å². The number of pyridine rings is 1.